The van der Waals surface area contributed by atoms with E-state index in [1.54, 1.807) is 11.3 Å². The molecule has 1 aromatic heterocycles. The number of fused-ring (bicyclic) bond motifs is 1. The second kappa shape index (κ2) is 6.31. The Morgan fingerprint density at radius 1 is 1.38 bits per heavy atom. The summed E-state index contributed by atoms with van der Waals surface area (Å²) >= 11 is 1.62. The van der Waals surface area contributed by atoms with Gasteiger partial charge in [-0.25, -0.2) is 0 Å². The molecule has 0 saturated heterocycles. The normalized spacial score (nSPS) is 14.3. The summed E-state index contributed by atoms with van der Waals surface area (Å²) in [6.45, 7) is 2.83. The zero-order valence-corrected chi connectivity index (χ0v) is 12.9. The van der Waals surface area contributed by atoms with Crippen LogP contribution >= 0.6 is 11.3 Å². The standard InChI is InChI=1S/C17H19NO2S/c1-12(18-17(19)10-14-5-7-21-11-14)8-13-2-3-16-15(9-13)4-6-20-16/h2-3,5,7,9,11-12H,4,6,8,10H2,1H3,(H,18,19)/t12-/m1/s1. The second-order valence-corrected chi connectivity index (χ2v) is 6.30. The molecule has 0 bridgehead atoms. The van der Waals surface area contributed by atoms with Gasteiger partial charge in [-0.3, -0.25) is 4.79 Å². The molecule has 1 aliphatic heterocycles. The van der Waals surface area contributed by atoms with Gasteiger partial charge in [0.25, 0.3) is 0 Å². The van der Waals surface area contributed by atoms with Crippen LogP contribution in [0.4, 0.5) is 0 Å². The van der Waals surface area contributed by atoms with Gasteiger partial charge in [-0.05, 0) is 52.9 Å². The Labute approximate surface area is 129 Å². The van der Waals surface area contributed by atoms with Crippen molar-refractivity contribution in [1.29, 1.82) is 0 Å². The zero-order chi connectivity index (χ0) is 14.7. The topological polar surface area (TPSA) is 38.3 Å². The Kier molecular flexibility index (Phi) is 4.25. The first kappa shape index (κ1) is 14.1. The summed E-state index contributed by atoms with van der Waals surface area (Å²) < 4.78 is 5.51. The van der Waals surface area contributed by atoms with Crippen LogP contribution in [-0.4, -0.2) is 18.6 Å². The van der Waals surface area contributed by atoms with Gasteiger partial charge >= 0.3 is 0 Å². The van der Waals surface area contributed by atoms with Crippen LogP contribution in [0.2, 0.25) is 0 Å². The molecule has 1 aromatic carbocycles. The van der Waals surface area contributed by atoms with Crippen LogP contribution in [0.25, 0.3) is 0 Å². The number of hydrogen-bond donors (Lipinski definition) is 1. The van der Waals surface area contributed by atoms with E-state index in [0.717, 1.165) is 30.8 Å². The fourth-order valence-electron chi connectivity index (χ4n) is 2.68. The largest absolute Gasteiger partial charge is 0.493 e. The predicted octanol–water partition coefficient (Wildman–Crippen LogP) is 2.97. The smallest absolute Gasteiger partial charge is 0.224 e. The van der Waals surface area contributed by atoms with Crippen LogP contribution in [0.3, 0.4) is 0 Å². The van der Waals surface area contributed by atoms with Crippen LogP contribution < -0.4 is 10.1 Å². The van der Waals surface area contributed by atoms with E-state index in [2.05, 4.69) is 24.4 Å². The van der Waals surface area contributed by atoms with Gasteiger partial charge < -0.3 is 10.1 Å². The molecular formula is C17H19NO2S. The van der Waals surface area contributed by atoms with E-state index < -0.39 is 0 Å². The van der Waals surface area contributed by atoms with Crippen LogP contribution in [0.5, 0.6) is 5.75 Å². The number of hydrogen-bond acceptors (Lipinski definition) is 3. The minimum Gasteiger partial charge on any atom is -0.493 e. The quantitative estimate of drug-likeness (QED) is 0.922. The maximum Gasteiger partial charge on any atom is 0.224 e. The van der Waals surface area contributed by atoms with Gasteiger partial charge in [0.05, 0.1) is 13.0 Å². The molecule has 1 amide bonds. The summed E-state index contributed by atoms with van der Waals surface area (Å²) in [6.07, 6.45) is 2.30. The van der Waals surface area contributed by atoms with Crippen LogP contribution in [-0.2, 0) is 24.1 Å². The SMILES string of the molecule is C[C@H](Cc1ccc2c(c1)CCO2)NC(=O)Cc1ccsc1. The van der Waals surface area contributed by atoms with Crippen LogP contribution in [0, 0.1) is 0 Å². The zero-order valence-electron chi connectivity index (χ0n) is 12.1. The molecule has 0 spiro atoms. The van der Waals surface area contributed by atoms with Crippen LogP contribution in [0.1, 0.15) is 23.6 Å². The van der Waals surface area contributed by atoms with Gasteiger partial charge in [0.2, 0.25) is 5.91 Å². The minimum absolute atomic E-state index is 0.0883. The third-order valence-corrected chi connectivity index (χ3v) is 4.38. The highest BCUT2D eigenvalue weighted by molar-refractivity contribution is 7.07. The molecule has 0 saturated carbocycles. The Hall–Kier alpha value is -1.81. The highest BCUT2D eigenvalue weighted by Crippen LogP contribution is 2.26. The first-order valence-corrected chi connectivity index (χ1v) is 8.20. The molecule has 21 heavy (non-hydrogen) atoms. The third kappa shape index (κ3) is 3.64. The highest BCUT2D eigenvalue weighted by atomic mass is 32.1. The molecular weight excluding hydrogens is 282 g/mol. The summed E-state index contributed by atoms with van der Waals surface area (Å²) in [6, 6.07) is 8.46. The van der Waals surface area contributed by atoms with E-state index in [1.807, 2.05) is 22.9 Å². The van der Waals surface area contributed by atoms with Gasteiger partial charge in [0, 0.05) is 12.5 Å². The van der Waals surface area contributed by atoms with Crippen LogP contribution in [0.15, 0.2) is 35.0 Å². The Morgan fingerprint density at radius 3 is 3.10 bits per heavy atom. The average Bonchev–Trinajstić information content (AvgIpc) is 3.08. The average molecular weight is 301 g/mol. The van der Waals surface area contributed by atoms with E-state index in [-0.39, 0.29) is 11.9 Å². The van der Waals surface area contributed by atoms with E-state index >= 15 is 0 Å². The summed E-state index contributed by atoms with van der Waals surface area (Å²) in [4.78, 5) is 12.0. The van der Waals surface area contributed by atoms with Gasteiger partial charge in [-0.15, -0.1) is 0 Å². The van der Waals surface area contributed by atoms with E-state index in [4.69, 9.17) is 4.74 Å². The molecule has 3 rings (SSSR count). The van der Waals surface area contributed by atoms with Crippen molar-refractivity contribution in [1.82, 2.24) is 5.32 Å². The molecule has 2 heterocycles. The fourth-order valence-corrected chi connectivity index (χ4v) is 3.34. The number of thiophene rings is 1. The molecule has 0 radical (unpaired) electrons. The van der Waals surface area contributed by atoms with Crippen molar-refractivity contribution in [3.05, 3.63) is 51.7 Å². The molecule has 110 valence electrons. The summed E-state index contributed by atoms with van der Waals surface area (Å²) in [5.41, 5.74) is 3.62. The highest BCUT2D eigenvalue weighted by Gasteiger charge is 2.14. The Morgan fingerprint density at radius 2 is 2.29 bits per heavy atom. The molecule has 3 nitrogen and oxygen atoms in total. The van der Waals surface area contributed by atoms with Crippen molar-refractivity contribution in [2.24, 2.45) is 0 Å². The van der Waals surface area contributed by atoms with E-state index in [9.17, 15) is 4.79 Å². The lowest BCUT2D eigenvalue weighted by molar-refractivity contribution is -0.121. The lowest BCUT2D eigenvalue weighted by Crippen LogP contribution is -2.35. The minimum atomic E-state index is 0.0883. The summed E-state index contributed by atoms with van der Waals surface area (Å²) in [5, 5.41) is 7.09. The van der Waals surface area contributed by atoms with Gasteiger partial charge in [0.1, 0.15) is 5.75 Å². The Bertz CT molecular complexity index is 622. The second-order valence-electron chi connectivity index (χ2n) is 5.52. The molecule has 1 aliphatic rings. The first-order chi connectivity index (χ1) is 10.2. The van der Waals surface area contributed by atoms with Crippen molar-refractivity contribution < 1.29 is 9.53 Å². The maximum absolute atomic E-state index is 12.0. The van der Waals surface area contributed by atoms with E-state index in [1.165, 1.54) is 11.1 Å². The number of benzene rings is 1. The predicted molar refractivity (Wildman–Crippen MR) is 85.0 cm³/mol. The molecule has 2 aromatic rings. The van der Waals surface area contributed by atoms with Gasteiger partial charge in [-0.1, -0.05) is 12.1 Å². The lowest BCUT2D eigenvalue weighted by atomic mass is 10.0. The van der Waals surface area contributed by atoms with Gasteiger partial charge in [-0.2, -0.15) is 11.3 Å². The van der Waals surface area contributed by atoms with Crippen molar-refractivity contribution in [2.45, 2.75) is 32.2 Å². The van der Waals surface area contributed by atoms with Gasteiger partial charge in [0.15, 0.2) is 0 Å². The number of rotatable bonds is 5. The molecule has 0 fully saturated rings. The fraction of sp³-hybridized carbons (Fsp3) is 0.353. The number of nitrogens with one attached hydrogen (secondary N) is 1. The summed E-state index contributed by atoms with van der Waals surface area (Å²) in [5.74, 6) is 1.10. The van der Waals surface area contributed by atoms with E-state index in [0.29, 0.717) is 6.42 Å². The number of carbonyl (C=O) groups excluding carboxylic acids is 1. The van der Waals surface area contributed by atoms with Crippen molar-refractivity contribution in [3.8, 4) is 5.75 Å². The van der Waals surface area contributed by atoms with Crippen molar-refractivity contribution in [3.63, 3.8) is 0 Å². The third-order valence-electron chi connectivity index (χ3n) is 3.65. The first-order valence-electron chi connectivity index (χ1n) is 7.26. The molecule has 0 unspecified atom stereocenters. The monoisotopic (exact) mass is 301 g/mol. The molecule has 1 atom stereocenters. The number of carbonyl (C=O) groups is 1. The van der Waals surface area contributed by atoms with Crippen molar-refractivity contribution in [2.75, 3.05) is 6.61 Å². The van der Waals surface area contributed by atoms with Crippen molar-refractivity contribution >= 4 is 17.2 Å². The lowest BCUT2D eigenvalue weighted by Gasteiger charge is -2.14. The number of ether oxygens (including phenoxy) is 1. The maximum atomic E-state index is 12.0. The molecule has 0 aliphatic carbocycles. The molecule has 4 heteroatoms. The number of amides is 1. The Balaban J connectivity index is 1.54. The summed E-state index contributed by atoms with van der Waals surface area (Å²) in [7, 11) is 0. The molecule has 1 N–H and O–H groups in total.